The number of rotatable bonds is 4. The van der Waals surface area contributed by atoms with Crippen molar-refractivity contribution in [3.05, 3.63) is 42.5 Å². The molecule has 2 heterocycles. The van der Waals surface area contributed by atoms with Crippen LogP contribution < -0.4 is 10.6 Å². The summed E-state index contributed by atoms with van der Waals surface area (Å²) in [5.74, 6) is 0.444. The SMILES string of the molecule is O=C(Nc1cnccn1)c1ccnc(NC(=O)C2CC2)c1. The lowest BCUT2D eigenvalue weighted by molar-refractivity contribution is -0.117. The summed E-state index contributed by atoms with van der Waals surface area (Å²) < 4.78 is 0. The Morgan fingerprint density at radius 2 is 1.86 bits per heavy atom. The zero-order valence-corrected chi connectivity index (χ0v) is 11.1. The molecule has 1 saturated carbocycles. The maximum absolute atomic E-state index is 12.1. The van der Waals surface area contributed by atoms with E-state index in [0.717, 1.165) is 12.8 Å². The summed E-state index contributed by atoms with van der Waals surface area (Å²) >= 11 is 0. The van der Waals surface area contributed by atoms with Gasteiger partial charge in [0.15, 0.2) is 5.82 Å². The number of anilines is 2. The summed E-state index contributed by atoms with van der Waals surface area (Å²) in [6.45, 7) is 0. The molecule has 3 rings (SSSR count). The summed E-state index contributed by atoms with van der Waals surface area (Å²) in [5.41, 5.74) is 0.391. The number of carbonyl (C=O) groups is 2. The van der Waals surface area contributed by atoms with Gasteiger partial charge in [0.1, 0.15) is 5.82 Å². The second-order valence-electron chi connectivity index (χ2n) is 4.74. The molecule has 0 spiro atoms. The minimum Gasteiger partial charge on any atom is -0.310 e. The fraction of sp³-hybridized carbons (Fsp3) is 0.214. The Kier molecular flexibility index (Phi) is 3.55. The third-order valence-corrected chi connectivity index (χ3v) is 3.03. The van der Waals surface area contributed by atoms with E-state index in [-0.39, 0.29) is 17.7 Å². The van der Waals surface area contributed by atoms with Crippen molar-refractivity contribution in [1.29, 1.82) is 0 Å². The van der Waals surface area contributed by atoms with E-state index >= 15 is 0 Å². The Labute approximate surface area is 120 Å². The number of carbonyl (C=O) groups excluding carboxylic acids is 2. The lowest BCUT2D eigenvalue weighted by Gasteiger charge is -2.06. The molecule has 0 saturated heterocycles. The van der Waals surface area contributed by atoms with E-state index in [1.54, 1.807) is 6.07 Å². The average Bonchev–Trinajstić information content (AvgIpc) is 3.33. The molecule has 0 bridgehead atoms. The molecule has 106 valence electrons. The van der Waals surface area contributed by atoms with Crippen LogP contribution in [0.5, 0.6) is 0 Å². The van der Waals surface area contributed by atoms with Crippen molar-refractivity contribution < 1.29 is 9.59 Å². The highest BCUT2D eigenvalue weighted by Crippen LogP contribution is 2.29. The van der Waals surface area contributed by atoms with Gasteiger partial charge in [-0.05, 0) is 25.0 Å². The van der Waals surface area contributed by atoms with Crippen molar-refractivity contribution in [2.24, 2.45) is 5.92 Å². The Morgan fingerprint density at radius 3 is 2.57 bits per heavy atom. The molecule has 7 heteroatoms. The van der Waals surface area contributed by atoms with E-state index in [1.165, 1.54) is 30.9 Å². The van der Waals surface area contributed by atoms with Gasteiger partial charge in [0.2, 0.25) is 5.91 Å². The summed E-state index contributed by atoms with van der Waals surface area (Å²) in [6.07, 6.45) is 7.78. The highest BCUT2D eigenvalue weighted by molar-refractivity contribution is 6.04. The van der Waals surface area contributed by atoms with E-state index in [0.29, 0.717) is 17.2 Å². The van der Waals surface area contributed by atoms with E-state index in [2.05, 4.69) is 25.6 Å². The van der Waals surface area contributed by atoms with Crippen LogP contribution in [-0.4, -0.2) is 26.8 Å². The first-order chi connectivity index (χ1) is 10.2. The maximum Gasteiger partial charge on any atom is 0.257 e. The zero-order chi connectivity index (χ0) is 14.7. The summed E-state index contributed by atoms with van der Waals surface area (Å²) in [4.78, 5) is 35.6. The second-order valence-corrected chi connectivity index (χ2v) is 4.74. The van der Waals surface area contributed by atoms with Gasteiger partial charge >= 0.3 is 0 Å². The molecule has 0 radical (unpaired) electrons. The van der Waals surface area contributed by atoms with Gasteiger partial charge in [-0.1, -0.05) is 0 Å². The molecule has 0 atom stereocenters. The molecule has 0 aromatic carbocycles. The molecule has 21 heavy (non-hydrogen) atoms. The van der Waals surface area contributed by atoms with Gasteiger partial charge in [-0.15, -0.1) is 0 Å². The molecule has 2 aromatic heterocycles. The quantitative estimate of drug-likeness (QED) is 0.885. The van der Waals surface area contributed by atoms with Crippen LogP contribution in [0.3, 0.4) is 0 Å². The van der Waals surface area contributed by atoms with Crippen molar-refractivity contribution in [1.82, 2.24) is 15.0 Å². The predicted octanol–water partition coefficient (Wildman–Crippen LogP) is 1.47. The zero-order valence-electron chi connectivity index (χ0n) is 11.1. The minimum absolute atomic E-state index is 0.0472. The molecule has 1 fully saturated rings. The fourth-order valence-electron chi connectivity index (χ4n) is 1.77. The smallest absolute Gasteiger partial charge is 0.257 e. The van der Waals surface area contributed by atoms with E-state index < -0.39 is 0 Å². The third-order valence-electron chi connectivity index (χ3n) is 3.03. The average molecular weight is 283 g/mol. The Morgan fingerprint density at radius 1 is 1.05 bits per heavy atom. The van der Waals surface area contributed by atoms with Crippen LogP contribution in [0, 0.1) is 5.92 Å². The first kappa shape index (κ1) is 13.2. The molecule has 2 amide bonds. The standard InChI is InChI=1S/C14H13N5O2/c20-13(9-1-2-9)18-11-7-10(3-4-16-11)14(21)19-12-8-15-5-6-17-12/h3-9H,1-2H2,(H,16,18,20)(H,17,19,21). The van der Waals surface area contributed by atoms with Crippen molar-refractivity contribution >= 4 is 23.5 Å². The van der Waals surface area contributed by atoms with Crippen molar-refractivity contribution in [2.75, 3.05) is 10.6 Å². The number of pyridine rings is 1. The first-order valence-corrected chi connectivity index (χ1v) is 6.56. The second kappa shape index (κ2) is 5.66. The Balaban J connectivity index is 1.69. The number of amides is 2. The van der Waals surface area contributed by atoms with Crippen LogP contribution in [0.25, 0.3) is 0 Å². The van der Waals surface area contributed by atoms with Crippen LogP contribution in [0.4, 0.5) is 11.6 Å². The number of hydrogen-bond acceptors (Lipinski definition) is 5. The molecule has 2 aromatic rings. The molecule has 0 unspecified atom stereocenters. The normalized spacial score (nSPS) is 13.5. The predicted molar refractivity (Wildman–Crippen MR) is 75.6 cm³/mol. The van der Waals surface area contributed by atoms with Gasteiger partial charge < -0.3 is 10.6 Å². The molecule has 0 aliphatic heterocycles. The van der Waals surface area contributed by atoms with Gasteiger partial charge in [0.05, 0.1) is 6.20 Å². The van der Waals surface area contributed by atoms with Gasteiger partial charge in [-0.3, -0.25) is 14.6 Å². The van der Waals surface area contributed by atoms with Crippen LogP contribution in [0.1, 0.15) is 23.2 Å². The summed E-state index contributed by atoms with van der Waals surface area (Å²) in [6, 6.07) is 3.10. The molecular formula is C14H13N5O2. The first-order valence-electron chi connectivity index (χ1n) is 6.56. The number of hydrogen-bond donors (Lipinski definition) is 2. The van der Waals surface area contributed by atoms with E-state index in [1.807, 2.05) is 0 Å². The lowest BCUT2D eigenvalue weighted by atomic mass is 10.2. The van der Waals surface area contributed by atoms with Crippen LogP contribution in [0.2, 0.25) is 0 Å². The number of aromatic nitrogens is 3. The van der Waals surface area contributed by atoms with Gasteiger partial charge in [0, 0.05) is 30.1 Å². The molecular weight excluding hydrogens is 270 g/mol. The highest BCUT2D eigenvalue weighted by Gasteiger charge is 2.29. The van der Waals surface area contributed by atoms with Gasteiger partial charge in [-0.2, -0.15) is 0 Å². The molecule has 1 aliphatic carbocycles. The molecule has 1 aliphatic rings. The highest BCUT2D eigenvalue weighted by atomic mass is 16.2. The van der Waals surface area contributed by atoms with Crippen LogP contribution in [0.15, 0.2) is 36.9 Å². The van der Waals surface area contributed by atoms with Crippen molar-refractivity contribution in [3.8, 4) is 0 Å². The maximum atomic E-state index is 12.1. The molecule has 2 N–H and O–H groups in total. The van der Waals surface area contributed by atoms with Crippen LogP contribution >= 0.6 is 0 Å². The monoisotopic (exact) mass is 283 g/mol. The minimum atomic E-state index is -0.333. The van der Waals surface area contributed by atoms with Crippen molar-refractivity contribution in [3.63, 3.8) is 0 Å². The largest absolute Gasteiger partial charge is 0.310 e. The summed E-state index contributed by atoms with van der Waals surface area (Å²) in [7, 11) is 0. The van der Waals surface area contributed by atoms with Crippen molar-refractivity contribution in [2.45, 2.75) is 12.8 Å². The topological polar surface area (TPSA) is 96.9 Å². The Hall–Kier alpha value is -2.83. The lowest BCUT2D eigenvalue weighted by Crippen LogP contribution is -2.16. The summed E-state index contributed by atoms with van der Waals surface area (Å²) in [5, 5.41) is 5.33. The fourth-order valence-corrected chi connectivity index (χ4v) is 1.77. The number of nitrogens with zero attached hydrogens (tertiary/aromatic N) is 3. The third kappa shape index (κ3) is 3.38. The molecule has 7 nitrogen and oxygen atoms in total. The Bertz CT molecular complexity index is 670. The van der Waals surface area contributed by atoms with Gasteiger partial charge in [0.25, 0.3) is 5.91 Å². The van der Waals surface area contributed by atoms with Gasteiger partial charge in [-0.25, -0.2) is 9.97 Å². The van der Waals surface area contributed by atoms with E-state index in [4.69, 9.17) is 0 Å². The van der Waals surface area contributed by atoms with E-state index in [9.17, 15) is 9.59 Å². The number of nitrogens with one attached hydrogen (secondary N) is 2. The van der Waals surface area contributed by atoms with Crippen LogP contribution in [-0.2, 0) is 4.79 Å².